The summed E-state index contributed by atoms with van der Waals surface area (Å²) >= 11 is 5.35. The molecule has 0 aromatic carbocycles. The molecular weight excluding hydrogens is 342 g/mol. The van der Waals surface area contributed by atoms with Crippen molar-refractivity contribution in [1.29, 1.82) is 0 Å². The highest BCUT2D eigenvalue weighted by Gasteiger charge is 2.27. The van der Waals surface area contributed by atoms with E-state index in [1.165, 1.54) is 4.31 Å². The molecule has 1 aromatic rings. The average Bonchev–Trinajstić information content (AvgIpc) is 2.59. The molecule has 1 amide bonds. The molecule has 0 unspecified atom stereocenters. The van der Waals surface area contributed by atoms with Crippen molar-refractivity contribution < 1.29 is 13.2 Å². The van der Waals surface area contributed by atoms with E-state index in [-0.39, 0.29) is 17.5 Å². The Labute approximate surface area is 140 Å². The summed E-state index contributed by atoms with van der Waals surface area (Å²) in [7, 11) is -3.31. The third-order valence-electron chi connectivity index (χ3n) is 3.49. The molecule has 128 valence electrons. The summed E-state index contributed by atoms with van der Waals surface area (Å²) in [5.41, 5.74) is 0. The van der Waals surface area contributed by atoms with Crippen LogP contribution in [-0.4, -0.2) is 73.0 Å². The van der Waals surface area contributed by atoms with Crippen molar-refractivity contribution in [3.63, 3.8) is 0 Å². The number of rotatable bonds is 7. The lowest BCUT2D eigenvalue weighted by Crippen LogP contribution is -2.49. The zero-order valence-electron chi connectivity index (χ0n) is 12.7. The molecular formula is C13H20ClN5O3S. The van der Waals surface area contributed by atoms with Gasteiger partial charge in [-0.2, -0.15) is 4.31 Å². The summed E-state index contributed by atoms with van der Waals surface area (Å²) in [6.07, 6.45) is 3.70. The van der Waals surface area contributed by atoms with Crippen LogP contribution in [0.2, 0.25) is 0 Å². The van der Waals surface area contributed by atoms with Crippen LogP contribution < -0.4 is 10.2 Å². The monoisotopic (exact) mass is 361 g/mol. The molecule has 0 saturated carbocycles. The van der Waals surface area contributed by atoms with Crippen LogP contribution in [-0.2, 0) is 14.8 Å². The van der Waals surface area contributed by atoms with Crippen molar-refractivity contribution in [2.75, 3.05) is 49.3 Å². The van der Waals surface area contributed by atoms with Crippen LogP contribution in [0.4, 0.5) is 5.95 Å². The Morgan fingerprint density at radius 1 is 1.22 bits per heavy atom. The molecule has 8 nitrogen and oxygen atoms in total. The zero-order chi connectivity index (χ0) is 16.7. The fourth-order valence-electron chi connectivity index (χ4n) is 2.28. The molecule has 1 aromatic heterocycles. The number of nitrogens with one attached hydrogen (secondary N) is 1. The first kappa shape index (κ1) is 17.9. The Morgan fingerprint density at radius 2 is 1.87 bits per heavy atom. The minimum atomic E-state index is -3.31. The summed E-state index contributed by atoms with van der Waals surface area (Å²) in [4.78, 5) is 21.3. The molecule has 0 aliphatic carbocycles. The van der Waals surface area contributed by atoms with Crippen molar-refractivity contribution in [3.05, 3.63) is 18.5 Å². The summed E-state index contributed by atoms with van der Waals surface area (Å²) < 4.78 is 26.0. The second-order valence-corrected chi connectivity index (χ2v) is 7.44. The molecule has 1 N–H and O–H groups in total. The van der Waals surface area contributed by atoms with Gasteiger partial charge < -0.3 is 10.2 Å². The van der Waals surface area contributed by atoms with Gasteiger partial charge in [0.25, 0.3) is 0 Å². The number of carbonyl (C=O) groups excluding carboxylic acids is 1. The van der Waals surface area contributed by atoms with Gasteiger partial charge in [0, 0.05) is 45.1 Å². The normalized spacial score (nSPS) is 16.3. The van der Waals surface area contributed by atoms with Gasteiger partial charge in [-0.25, -0.2) is 18.4 Å². The van der Waals surface area contributed by atoms with E-state index in [1.54, 1.807) is 18.5 Å². The molecule has 0 bridgehead atoms. The zero-order valence-corrected chi connectivity index (χ0v) is 14.3. The van der Waals surface area contributed by atoms with Gasteiger partial charge in [-0.15, -0.1) is 11.6 Å². The summed E-state index contributed by atoms with van der Waals surface area (Å²) in [6, 6.07) is 1.74. The Hall–Kier alpha value is -1.45. The van der Waals surface area contributed by atoms with Crippen molar-refractivity contribution in [2.45, 2.75) is 6.42 Å². The van der Waals surface area contributed by atoms with E-state index in [4.69, 9.17) is 11.6 Å². The Morgan fingerprint density at radius 3 is 2.48 bits per heavy atom. The van der Waals surface area contributed by atoms with Crippen molar-refractivity contribution in [2.24, 2.45) is 0 Å². The summed E-state index contributed by atoms with van der Waals surface area (Å²) in [6.45, 7) is 2.25. The number of aromatic nitrogens is 2. The highest BCUT2D eigenvalue weighted by Crippen LogP contribution is 2.13. The Balaban J connectivity index is 1.78. The number of sulfonamides is 1. The van der Waals surface area contributed by atoms with E-state index in [2.05, 4.69) is 15.3 Å². The predicted octanol–water partition coefficient (Wildman–Crippen LogP) is -0.326. The molecule has 1 saturated heterocycles. The van der Waals surface area contributed by atoms with Crippen molar-refractivity contribution in [3.8, 4) is 0 Å². The van der Waals surface area contributed by atoms with E-state index in [9.17, 15) is 13.2 Å². The van der Waals surface area contributed by atoms with Gasteiger partial charge in [0.15, 0.2) is 0 Å². The molecule has 0 atom stereocenters. The first-order chi connectivity index (χ1) is 11.0. The molecule has 2 rings (SSSR count). The van der Waals surface area contributed by atoms with E-state index in [1.807, 2.05) is 4.90 Å². The molecule has 0 radical (unpaired) electrons. The number of halogens is 1. The van der Waals surface area contributed by atoms with Crippen molar-refractivity contribution >= 4 is 33.5 Å². The second kappa shape index (κ2) is 8.42. The minimum Gasteiger partial charge on any atom is -0.355 e. The smallest absolute Gasteiger partial charge is 0.234 e. The van der Waals surface area contributed by atoms with E-state index in [0.717, 1.165) is 0 Å². The van der Waals surface area contributed by atoms with Gasteiger partial charge in [0.2, 0.25) is 21.9 Å². The highest BCUT2D eigenvalue weighted by atomic mass is 35.5. The van der Waals surface area contributed by atoms with Crippen LogP contribution in [0.25, 0.3) is 0 Å². The minimum absolute atomic E-state index is 0.0113. The fourth-order valence-corrected chi connectivity index (χ4v) is 3.86. The number of piperazine rings is 1. The maximum atomic E-state index is 12.3. The van der Waals surface area contributed by atoms with Crippen LogP contribution in [0.1, 0.15) is 6.42 Å². The molecule has 10 heteroatoms. The van der Waals surface area contributed by atoms with Gasteiger partial charge >= 0.3 is 0 Å². The molecule has 1 fully saturated rings. The third-order valence-corrected chi connectivity index (χ3v) is 5.69. The maximum Gasteiger partial charge on any atom is 0.234 e. The van der Waals surface area contributed by atoms with Crippen LogP contribution in [0, 0.1) is 0 Å². The van der Waals surface area contributed by atoms with Crippen LogP contribution in [0.15, 0.2) is 18.5 Å². The first-order valence-corrected chi connectivity index (χ1v) is 9.50. The molecule has 0 spiro atoms. The quantitative estimate of drug-likeness (QED) is 0.528. The Kier molecular flexibility index (Phi) is 6.55. The number of carbonyl (C=O) groups is 1. The first-order valence-electron chi connectivity index (χ1n) is 7.35. The summed E-state index contributed by atoms with van der Waals surface area (Å²) in [5, 5.41) is 2.56. The van der Waals surface area contributed by atoms with Gasteiger partial charge in [-0.3, -0.25) is 4.79 Å². The van der Waals surface area contributed by atoms with E-state index < -0.39 is 10.0 Å². The largest absolute Gasteiger partial charge is 0.355 e. The van der Waals surface area contributed by atoms with Gasteiger partial charge in [-0.1, -0.05) is 0 Å². The number of hydrogen-bond donors (Lipinski definition) is 1. The van der Waals surface area contributed by atoms with Crippen LogP contribution in [0.5, 0.6) is 0 Å². The van der Waals surface area contributed by atoms with E-state index >= 15 is 0 Å². The van der Waals surface area contributed by atoms with Crippen LogP contribution in [0.3, 0.4) is 0 Å². The number of alkyl halides is 1. The van der Waals surface area contributed by atoms with Crippen molar-refractivity contribution in [1.82, 2.24) is 19.6 Å². The highest BCUT2D eigenvalue weighted by molar-refractivity contribution is 7.89. The topological polar surface area (TPSA) is 95.5 Å². The standard InChI is InChI=1S/C13H20ClN5O3S/c14-11-12(20)15-5-2-10-23(21,22)19-8-6-18(7-9-19)13-16-3-1-4-17-13/h1,3-4H,2,5-11H2,(H,15,20). The lowest BCUT2D eigenvalue weighted by molar-refractivity contribution is -0.118. The number of anilines is 1. The average molecular weight is 362 g/mol. The lowest BCUT2D eigenvalue weighted by Gasteiger charge is -2.33. The third kappa shape index (κ3) is 5.29. The predicted molar refractivity (Wildman–Crippen MR) is 88.0 cm³/mol. The summed E-state index contributed by atoms with van der Waals surface area (Å²) in [5.74, 6) is 0.224. The maximum absolute atomic E-state index is 12.3. The molecule has 2 heterocycles. The molecule has 1 aliphatic heterocycles. The number of amides is 1. The van der Waals surface area contributed by atoms with Gasteiger partial charge in [0.05, 0.1) is 5.75 Å². The SMILES string of the molecule is O=C(CCl)NCCCS(=O)(=O)N1CCN(c2ncccn2)CC1. The lowest BCUT2D eigenvalue weighted by atomic mass is 10.4. The molecule has 23 heavy (non-hydrogen) atoms. The number of hydrogen-bond acceptors (Lipinski definition) is 6. The molecule has 1 aliphatic rings. The van der Waals surface area contributed by atoms with Gasteiger partial charge in [-0.05, 0) is 12.5 Å². The number of nitrogens with zero attached hydrogens (tertiary/aromatic N) is 4. The van der Waals surface area contributed by atoms with Gasteiger partial charge in [0.1, 0.15) is 5.88 Å². The Bertz CT molecular complexity index is 605. The van der Waals surface area contributed by atoms with Crippen LogP contribution >= 0.6 is 11.6 Å². The second-order valence-electron chi connectivity index (χ2n) is 5.09. The van der Waals surface area contributed by atoms with E-state index in [0.29, 0.717) is 45.1 Å². The fraction of sp³-hybridized carbons (Fsp3) is 0.615.